The van der Waals surface area contributed by atoms with Crippen molar-refractivity contribution >= 4 is 17.7 Å². The second kappa shape index (κ2) is 10.2. The standard InChI is InChI=1S/C26H26ClNO4/c27-15-17-7-1-2-8-18(17)25(30)24(29)13-14-28-26(31)32-16-23-21-11-5-3-9-19(21)20-10-4-6-12-22(20)23/h1-12,23-25,29-30H,13-16H2,(H,28,31). The molecular weight excluding hydrogens is 426 g/mol. The van der Waals surface area contributed by atoms with E-state index in [9.17, 15) is 15.0 Å². The van der Waals surface area contributed by atoms with Gasteiger partial charge in [0, 0.05) is 18.3 Å². The molecule has 0 fully saturated rings. The highest BCUT2D eigenvalue weighted by Crippen LogP contribution is 2.44. The van der Waals surface area contributed by atoms with Crippen LogP contribution < -0.4 is 5.32 Å². The maximum absolute atomic E-state index is 12.3. The molecule has 32 heavy (non-hydrogen) atoms. The molecule has 0 saturated heterocycles. The van der Waals surface area contributed by atoms with E-state index in [1.165, 1.54) is 11.1 Å². The van der Waals surface area contributed by atoms with Gasteiger partial charge >= 0.3 is 6.09 Å². The number of hydrogen-bond donors (Lipinski definition) is 3. The van der Waals surface area contributed by atoms with E-state index in [2.05, 4.69) is 29.6 Å². The molecular formula is C26H26ClNO4. The lowest BCUT2D eigenvalue weighted by Gasteiger charge is -2.20. The average Bonchev–Trinajstić information content (AvgIpc) is 3.16. The van der Waals surface area contributed by atoms with Crippen molar-refractivity contribution in [1.82, 2.24) is 5.32 Å². The smallest absolute Gasteiger partial charge is 0.407 e. The number of halogens is 1. The lowest BCUT2D eigenvalue weighted by molar-refractivity contribution is 0.0133. The summed E-state index contributed by atoms with van der Waals surface area (Å²) in [6.07, 6.45) is -2.47. The van der Waals surface area contributed by atoms with E-state index in [0.29, 0.717) is 5.56 Å². The molecule has 0 spiro atoms. The van der Waals surface area contributed by atoms with Crippen LogP contribution in [0.2, 0.25) is 0 Å². The molecule has 3 aromatic rings. The molecule has 1 amide bonds. The first-order valence-corrected chi connectivity index (χ1v) is 11.2. The number of carbonyl (C=O) groups excluding carboxylic acids is 1. The van der Waals surface area contributed by atoms with Crippen LogP contribution in [0.1, 0.15) is 40.7 Å². The normalized spacial score (nSPS) is 14.3. The van der Waals surface area contributed by atoms with Crippen molar-refractivity contribution < 1.29 is 19.7 Å². The second-order valence-electron chi connectivity index (χ2n) is 7.89. The Morgan fingerprint density at radius 2 is 1.53 bits per heavy atom. The Balaban J connectivity index is 1.29. The molecule has 0 heterocycles. The van der Waals surface area contributed by atoms with Crippen LogP contribution in [0, 0.1) is 0 Å². The zero-order valence-corrected chi connectivity index (χ0v) is 18.3. The van der Waals surface area contributed by atoms with Gasteiger partial charge < -0.3 is 20.3 Å². The number of nitrogens with one attached hydrogen (secondary N) is 1. The highest BCUT2D eigenvalue weighted by atomic mass is 35.5. The third-order valence-electron chi connectivity index (χ3n) is 5.94. The van der Waals surface area contributed by atoms with Crippen LogP contribution in [-0.2, 0) is 10.6 Å². The lowest BCUT2D eigenvalue weighted by atomic mass is 9.98. The maximum atomic E-state index is 12.3. The summed E-state index contributed by atoms with van der Waals surface area (Å²) in [4.78, 5) is 12.3. The minimum atomic E-state index is -1.07. The van der Waals surface area contributed by atoms with Crippen LogP contribution in [0.3, 0.4) is 0 Å². The maximum Gasteiger partial charge on any atom is 0.407 e. The van der Waals surface area contributed by atoms with Crippen molar-refractivity contribution in [3.8, 4) is 11.1 Å². The minimum Gasteiger partial charge on any atom is -0.449 e. The van der Waals surface area contributed by atoms with Gasteiger partial charge in [-0.1, -0.05) is 72.8 Å². The first-order chi connectivity index (χ1) is 15.6. The number of rotatable bonds is 8. The van der Waals surface area contributed by atoms with Crippen molar-refractivity contribution in [1.29, 1.82) is 0 Å². The van der Waals surface area contributed by atoms with Crippen molar-refractivity contribution in [3.05, 3.63) is 95.1 Å². The summed E-state index contributed by atoms with van der Waals surface area (Å²) < 4.78 is 5.49. The Bertz CT molecular complexity index is 1040. The molecule has 6 heteroatoms. The monoisotopic (exact) mass is 451 g/mol. The topological polar surface area (TPSA) is 78.8 Å². The Kier molecular flexibility index (Phi) is 7.10. The van der Waals surface area contributed by atoms with Gasteiger partial charge in [0.25, 0.3) is 0 Å². The van der Waals surface area contributed by atoms with E-state index in [1.54, 1.807) is 12.1 Å². The quantitative estimate of drug-likeness (QED) is 0.432. The van der Waals surface area contributed by atoms with Crippen LogP contribution in [0.25, 0.3) is 11.1 Å². The fourth-order valence-electron chi connectivity index (χ4n) is 4.28. The Hall–Kier alpha value is -2.86. The SMILES string of the molecule is O=C(NCCC(O)C(O)c1ccccc1CCl)OCC1c2ccccc2-c2ccccc21. The number of alkyl carbamates (subject to hydrolysis) is 1. The largest absolute Gasteiger partial charge is 0.449 e. The molecule has 3 aromatic carbocycles. The number of aliphatic hydroxyl groups excluding tert-OH is 2. The van der Waals surface area contributed by atoms with E-state index < -0.39 is 18.3 Å². The van der Waals surface area contributed by atoms with Gasteiger partial charge in [-0.05, 0) is 39.8 Å². The number of alkyl halides is 1. The van der Waals surface area contributed by atoms with Gasteiger partial charge in [0.05, 0.1) is 6.10 Å². The summed E-state index contributed by atoms with van der Waals surface area (Å²) in [5.74, 6) is 0.241. The number of benzene rings is 3. The van der Waals surface area contributed by atoms with Crippen LogP contribution in [-0.4, -0.2) is 35.6 Å². The average molecular weight is 452 g/mol. The summed E-state index contributed by atoms with van der Waals surface area (Å²) in [5.41, 5.74) is 6.01. The molecule has 2 atom stereocenters. The minimum absolute atomic E-state index is 0.00684. The first kappa shape index (κ1) is 22.3. The van der Waals surface area contributed by atoms with Crippen LogP contribution >= 0.6 is 11.6 Å². The summed E-state index contributed by atoms with van der Waals surface area (Å²) in [6, 6.07) is 23.5. The number of carbonyl (C=O) groups is 1. The molecule has 3 N–H and O–H groups in total. The van der Waals surface area contributed by atoms with Gasteiger partial charge in [0.1, 0.15) is 12.7 Å². The van der Waals surface area contributed by atoms with Gasteiger partial charge in [-0.15, -0.1) is 11.6 Å². The molecule has 0 aromatic heterocycles. The molecule has 5 nitrogen and oxygen atoms in total. The zero-order valence-electron chi connectivity index (χ0n) is 17.6. The predicted molar refractivity (Wildman–Crippen MR) is 125 cm³/mol. The van der Waals surface area contributed by atoms with Crippen LogP contribution in [0.15, 0.2) is 72.8 Å². The molecule has 4 rings (SSSR count). The molecule has 166 valence electrons. The Labute approximate surface area is 192 Å². The second-order valence-corrected chi connectivity index (χ2v) is 8.15. The van der Waals surface area contributed by atoms with E-state index in [1.807, 2.05) is 36.4 Å². The molecule has 1 aliphatic carbocycles. The number of amides is 1. The van der Waals surface area contributed by atoms with Crippen molar-refractivity contribution in [2.75, 3.05) is 13.2 Å². The van der Waals surface area contributed by atoms with E-state index in [4.69, 9.17) is 16.3 Å². The third-order valence-corrected chi connectivity index (χ3v) is 6.22. The zero-order chi connectivity index (χ0) is 22.5. The predicted octanol–water partition coefficient (Wildman–Crippen LogP) is 4.75. The summed E-state index contributed by atoms with van der Waals surface area (Å²) >= 11 is 5.91. The van der Waals surface area contributed by atoms with Gasteiger partial charge in [0.2, 0.25) is 0 Å². The number of ether oxygens (including phenoxy) is 1. The molecule has 1 aliphatic rings. The molecule has 2 unspecified atom stereocenters. The van der Waals surface area contributed by atoms with Crippen LogP contribution in [0.5, 0.6) is 0 Å². The van der Waals surface area contributed by atoms with Gasteiger partial charge in [0.15, 0.2) is 0 Å². The highest BCUT2D eigenvalue weighted by Gasteiger charge is 2.29. The number of fused-ring (bicyclic) bond motifs is 3. The third kappa shape index (κ3) is 4.65. The van der Waals surface area contributed by atoms with Gasteiger partial charge in [-0.25, -0.2) is 4.79 Å². The van der Waals surface area contributed by atoms with Gasteiger partial charge in [-0.3, -0.25) is 0 Å². The summed E-state index contributed by atoms with van der Waals surface area (Å²) in [5, 5.41) is 23.4. The van der Waals surface area contributed by atoms with E-state index in [0.717, 1.165) is 16.7 Å². The van der Waals surface area contributed by atoms with E-state index >= 15 is 0 Å². The van der Waals surface area contributed by atoms with Gasteiger partial charge in [-0.2, -0.15) is 0 Å². The number of aliphatic hydroxyl groups is 2. The summed E-state index contributed by atoms with van der Waals surface area (Å²) in [7, 11) is 0. The summed E-state index contributed by atoms with van der Waals surface area (Å²) in [6.45, 7) is 0.409. The van der Waals surface area contributed by atoms with Crippen LogP contribution in [0.4, 0.5) is 4.79 Å². The molecule has 0 saturated carbocycles. The lowest BCUT2D eigenvalue weighted by Crippen LogP contribution is -2.30. The highest BCUT2D eigenvalue weighted by molar-refractivity contribution is 6.17. The molecule has 0 bridgehead atoms. The molecule has 0 radical (unpaired) electrons. The fourth-order valence-corrected chi connectivity index (χ4v) is 4.52. The Morgan fingerprint density at radius 1 is 0.938 bits per heavy atom. The first-order valence-electron chi connectivity index (χ1n) is 10.7. The van der Waals surface area contributed by atoms with Crippen molar-refractivity contribution in [2.24, 2.45) is 0 Å². The molecule has 0 aliphatic heterocycles. The fraction of sp³-hybridized carbons (Fsp3) is 0.269. The number of hydrogen-bond acceptors (Lipinski definition) is 4. The van der Waals surface area contributed by atoms with Crippen molar-refractivity contribution in [2.45, 2.75) is 30.4 Å². The van der Waals surface area contributed by atoms with E-state index in [-0.39, 0.29) is 31.4 Å². The Morgan fingerprint density at radius 3 is 2.19 bits per heavy atom. The van der Waals surface area contributed by atoms with Crippen molar-refractivity contribution in [3.63, 3.8) is 0 Å².